The van der Waals surface area contributed by atoms with E-state index < -0.39 is 15.8 Å². The third-order valence-corrected chi connectivity index (χ3v) is 6.33. The van der Waals surface area contributed by atoms with Gasteiger partial charge >= 0.3 is 0 Å². The Morgan fingerprint density at radius 3 is 2.62 bits per heavy atom. The van der Waals surface area contributed by atoms with Gasteiger partial charge in [-0.25, -0.2) is 12.8 Å². The number of halogens is 2. The quantitative estimate of drug-likeness (QED) is 0.656. The van der Waals surface area contributed by atoms with Crippen LogP contribution in [0.4, 0.5) is 10.1 Å². The zero-order chi connectivity index (χ0) is 19.2. The molecular weight excluding hydrogens is 423 g/mol. The fraction of sp³-hybridized carbons (Fsp3) is 0.611. The summed E-state index contributed by atoms with van der Waals surface area (Å²) in [6.07, 6.45) is 7.63. The number of nitrogens with one attached hydrogen (secondary N) is 1. The molecule has 0 aromatic heterocycles. The molecule has 0 atom stereocenters. The second kappa shape index (κ2) is 9.69. The summed E-state index contributed by atoms with van der Waals surface area (Å²) in [5.41, 5.74) is -0.00156. The number of amides is 1. The second-order valence-corrected chi connectivity index (χ2v) is 9.67. The lowest BCUT2D eigenvalue weighted by atomic mass is 9.89. The van der Waals surface area contributed by atoms with Crippen LogP contribution in [0.15, 0.2) is 22.7 Å². The van der Waals surface area contributed by atoms with Crippen LogP contribution >= 0.6 is 15.9 Å². The lowest BCUT2D eigenvalue weighted by Gasteiger charge is -2.23. The van der Waals surface area contributed by atoms with Crippen molar-refractivity contribution >= 4 is 37.5 Å². The zero-order valence-electron chi connectivity index (χ0n) is 15.0. The number of sulfonamides is 1. The molecule has 2 rings (SSSR count). The van der Waals surface area contributed by atoms with Crippen LogP contribution in [-0.4, -0.2) is 33.7 Å². The van der Waals surface area contributed by atoms with E-state index in [0.29, 0.717) is 23.4 Å². The lowest BCUT2D eigenvalue weighted by molar-refractivity contribution is -0.121. The number of benzene rings is 1. The van der Waals surface area contributed by atoms with Gasteiger partial charge in [0.05, 0.1) is 11.9 Å². The van der Waals surface area contributed by atoms with E-state index in [-0.39, 0.29) is 24.6 Å². The van der Waals surface area contributed by atoms with Gasteiger partial charge in [0.15, 0.2) is 0 Å². The monoisotopic (exact) mass is 448 g/mol. The SMILES string of the molecule is CS(=O)(=O)N(CCCC(=O)NCC1CCCCC1)c1ccc(Br)cc1F. The normalized spacial score (nSPS) is 15.7. The highest BCUT2D eigenvalue weighted by atomic mass is 79.9. The standard InChI is InChI=1S/C18H26BrFN2O3S/c1-26(24,25)22(17-10-9-15(19)12-16(17)20)11-5-8-18(23)21-13-14-6-3-2-4-7-14/h9-10,12,14H,2-8,11,13H2,1H3,(H,21,23). The number of hydrogen-bond acceptors (Lipinski definition) is 3. The van der Waals surface area contributed by atoms with Gasteiger partial charge in [0.25, 0.3) is 0 Å². The Balaban J connectivity index is 1.86. The molecule has 0 unspecified atom stereocenters. The van der Waals surface area contributed by atoms with Crippen LogP contribution in [0.5, 0.6) is 0 Å². The first-order chi connectivity index (χ1) is 12.3. The molecule has 0 bridgehead atoms. The summed E-state index contributed by atoms with van der Waals surface area (Å²) in [5.74, 6) is -0.149. The smallest absolute Gasteiger partial charge is 0.232 e. The molecule has 0 saturated heterocycles. The molecule has 1 aromatic carbocycles. The van der Waals surface area contributed by atoms with Crippen LogP contribution in [0.1, 0.15) is 44.9 Å². The van der Waals surface area contributed by atoms with E-state index in [0.717, 1.165) is 23.4 Å². The minimum absolute atomic E-state index is 0.00156. The molecule has 146 valence electrons. The van der Waals surface area contributed by atoms with Crippen molar-refractivity contribution in [3.8, 4) is 0 Å². The van der Waals surface area contributed by atoms with Gasteiger partial charge in [-0.2, -0.15) is 0 Å². The summed E-state index contributed by atoms with van der Waals surface area (Å²) in [6, 6.07) is 4.24. The molecule has 1 saturated carbocycles. The Hall–Kier alpha value is -1.15. The van der Waals surface area contributed by atoms with Gasteiger partial charge in [-0.15, -0.1) is 0 Å². The van der Waals surface area contributed by atoms with Crippen LogP contribution in [-0.2, 0) is 14.8 Å². The Bertz CT molecular complexity index is 721. The molecular formula is C18H26BrFN2O3S. The number of hydrogen-bond donors (Lipinski definition) is 1. The summed E-state index contributed by atoms with van der Waals surface area (Å²) in [6.45, 7) is 0.754. The second-order valence-electron chi connectivity index (χ2n) is 6.84. The first-order valence-corrected chi connectivity index (χ1v) is 11.6. The van der Waals surface area contributed by atoms with Crippen LogP contribution < -0.4 is 9.62 Å². The molecule has 1 aliphatic rings. The zero-order valence-corrected chi connectivity index (χ0v) is 17.4. The Labute approximate surface area is 163 Å². The van der Waals surface area contributed by atoms with Gasteiger partial charge in [0.2, 0.25) is 15.9 Å². The molecule has 0 radical (unpaired) electrons. The van der Waals surface area contributed by atoms with E-state index in [9.17, 15) is 17.6 Å². The number of nitrogens with zero attached hydrogens (tertiary/aromatic N) is 1. The molecule has 5 nitrogen and oxygen atoms in total. The van der Waals surface area contributed by atoms with E-state index in [1.54, 1.807) is 6.07 Å². The van der Waals surface area contributed by atoms with Gasteiger partial charge in [-0.05, 0) is 43.4 Å². The molecule has 1 fully saturated rings. The Morgan fingerprint density at radius 2 is 2.00 bits per heavy atom. The molecule has 0 heterocycles. The van der Waals surface area contributed by atoms with Crippen LogP contribution in [0.2, 0.25) is 0 Å². The number of anilines is 1. The number of carbonyl (C=O) groups excluding carboxylic acids is 1. The van der Waals surface area contributed by atoms with Crippen molar-refractivity contribution in [3.63, 3.8) is 0 Å². The van der Waals surface area contributed by atoms with Crippen molar-refractivity contribution in [2.24, 2.45) is 5.92 Å². The van der Waals surface area contributed by atoms with Crippen LogP contribution in [0.3, 0.4) is 0 Å². The van der Waals surface area contributed by atoms with Gasteiger partial charge < -0.3 is 5.32 Å². The predicted molar refractivity (Wildman–Crippen MR) is 105 cm³/mol. The minimum atomic E-state index is -3.63. The van der Waals surface area contributed by atoms with Crippen molar-refractivity contribution < 1.29 is 17.6 Å². The molecule has 8 heteroatoms. The first kappa shape index (κ1) is 21.2. The largest absolute Gasteiger partial charge is 0.356 e. The number of carbonyl (C=O) groups is 1. The molecule has 1 aromatic rings. The van der Waals surface area contributed by atoms with Gasteiger partial charge in [-0.1, -0.05) is 35.2 Å². The van der Waals surface area contributed by atoms with E-state index in [1.165, 1.54) is 31.4 Å². The maximum absolute atomic E-state index is 14.1. The summed E-state index contributed by atoms with van der Waals surface area (Å²) >= 11 is 3.16. The van der Waals surface area contributed by atoms with Crippen molar-refractivity contribution in [1.82, 2.24) is 5.32 Å². The average molecular weight is 449 g/mol. The maximum atomic E-state index is 14.1. The van der Waals surface area contributed by atoms with Gasteiger partial charge in [0, 0.05) is 24.0 Å². The third kappa shape index (κ3) is 6.54. The van der Waals surface area contributed by atoms with Crippen molar-refractivity contribution in [2.75, 3.05) is 23.7 Å². The molecule has 1 aliphatic carbocycles. The first-order valence-electron chi connectivity index (χ1n) is 8.97. The summed E-state index contributed by atoms with van der Waals surface area (Å²) in [4.78, 5) is 12.0. The Morgan fingerprint density at radius 1 is 1.31 bits per heavy atom. The topological polar surface area (TPSA) is 66.5 Å². The summed E-state index contributed by atoms with van der Waals surface area (Å²) in [7, 11) is -3.63. The summed E-state index contributed by atoms with van der Waals surface area (Å²) < 4.78 is 39.7. The highest BCUT2D eigenvalue weighted by molar-refractivity contribution is 9.10. The predicted octanol–water partition coefficient (Wildman–Crippen LogP) is 3.83. The van der Waals surface area contributed by atoms with E-state index in [2.05, 4.69) is 21.2 Å². The van der Waals surface area contributed by atoms with Crippen molar-refractivity contribution in [1.29, 1.82) is 0 Å². The van der Waals surface area contributed by atoms with E-state index >= 15 is 0 Å². The lowest BCUT2D eigenvalue weighted by Crippen LogP contribution is -2.34. The van der Waals surface area contributed by atoms with Crippen molar-refractivity contribution in [3.05, 3.63) is 28.5 Å². The molecule has 1 amide bonds. The van der Waals surface area contributed by atoms with Crippen LogP contribution in [0.25, 0.3) is 0 Å². The molecule has 1 N–H and O–H groups in total. The third-order valence-electron chi connectivity index (χ3n) is 4.66. The van der Waals surface area contributed by atoms with Gasteiger partial charge in [-0.3, -0.25) is 9.10 Å². The fourth-order valence-electron chi connectivity index (χ4n) is 3.27. The molecule has 0 spiro atoms. The minimum Gasteiger partial charge on any atom is -0.356 e. The highest BCUT2D eigenvalue weighted by Gasteiger charge is 2.21. The molecule has 0 aliphatic heterocycles. The fourth-order valence-corrected chi connectivity index (χ4v) is 4.57. The highest BCUT2D eigenvalue weighted by Crippen LogP contribution is 2.25. The van der Waals surface area contributed by atoms with Crippen molar-refractivity contribution in [2.45, 2.75) is 44.9 Å². The average Bonchev–Trinajstić information content (AvgIpc) is 2.58. The maximum Gasteiger partial charge on any atom is 0.232 e. The van der Waals surface area contributed by atoms with Gasteiger partial charge in [0.1, 0.15) is 5.82 Å². The molecule has 26 heavy (non-hydrogen) atoms. The van der Waals surface area contributed by atoms with E-state index in [4.69, 9.17) is 0 Å². The Kier molecular flexibility index (Phi) is 7.88. The van der Waals surface area contributed by atoms with E-state index in [1.807, 2.05) is 0 Å². The summed E-state index contributed by atoms with van der Waals surface area (Å²) in [5, 5.41) is 2.94. The number of rotatable bonds is 8. The van der Waals surface area contributed by atoms with Crippen LogP contribution in [0, 0.1) is 11.7 Å².